The van der Waals surface area contributed by atoms with E-state index >= 15 is 0 Å². The van der Waals surface area contributed by atoms with Gasteiger partial charge in [-0.05, 0) is 31.2 Å². The number of hydrogen-bond donors (Lipinski definition) is 1. The first kappa shape index (κ1) is 16.3. The molecule has 0 spiro atoms. The number of nitrogens with one attached hydrogen (secondary N) is 1. The van der Waals surface area contributed by atoms with Gasteiger partial charge in [0.25, 0.3) is 5.91 Å². The van der Waals surface area contributed by atoms with Crippen molar-refractivity contribution in [1.82, 2.24) is 0 Å². The second-order valence-corrected chi connectivity index (χ2v) is 6.06. The van der Waals surface area contributed by atoms with Crippen molar-refractivity contribution in [2.24, 2.45) is 0 Å². The summed E-state index contributed by atoms with van der Waals surface area (Å²) in [5.41, 5.74) is 0.511. The summed E-state index contributed by atoms with van der Waals surface area (Å²) in [6.45, 7) is 1.50. The summed E-state index contributed by atoms with van der Waals surface area (Å²) in [6, 6.07) is 10.1. The molecule has 5 nitrogen and oxygen atoms in total. The highest BCUT2D eigenvalue weighted by Crippen LogP contribution is 2.24. The van der Waals surface area contributed by atoms with Crippen LogP contribution in [0.4, 0.5) is 5.69 Å². The standard InChI is InChI=1S/C15H14ClNO4S/c1-9(21-15(19)12-7-8-13(16)22-12)14(18)17-10-5-3-4-6-11(10)20-2/h3-9H,1-2H3,(H,17,18)/t9-/m1/s1. The van der Waals surface area contributed by atoms with Gasteiger partial charge in [-0.2, -0.15) is 0 Å². The van der Waals surface area contributed by atoms with Crippen LogP contribution in [0.5, 0.6) is 5.75 Å². The number of thiophene rings is 1. The molecule has 0 saturated heterocycles. The molecule has 1 N–H and O–H groups in total. The van der Waals surface area contributed by atoms with E-state index in [9.17, 15) is 9.59 Å². The summed E-state index contributed by atoms with van der Waals surface area (Å²) in [5, 5.41) is 2.66. The number of methoxy groups -OCH3 is 1. The molecule has 1 aromatic heterocycles. The van der Waals surface area contributed by atoms with Crippen LogP contribution in [0.2, 0.25) is 4.34 Å². The summed E-state index contributed by atoms with van der Waals surface area (Å²) in [6.07, 6.45) is -0.946. The molecule has 0 fully saturated rings. The fourth-order valence-electron chi connectivity index (χ4n) is 1.68. The molecule has 0 saturated carbocycles. The van der Waals surface area contributed by atoms with E-state index in [1.54, 1.807) is 36.4 Å². The van der Waals surface area contributed by atoms with Crippen molar-refractivity contribution in [3.05, 3.63) is 45.6 Å². The third-order valence-corrected chi connectivity index (χ3v) is 4.00. The van der Waals surface area contributed by atoms with E-state index < -0.39 is 18.0 Å². The zero-order chi connectivity index (χ0) is 16.1. The molecule has 1 atom stereocenters. The van der Waals surface area contributed by atoms with Crippen LogP contribution in [0.25, 0.3) is 0 Å². The quantitative estimate of drug-likeness (QED) is 0.845. The van der Waals surface area contributed by atoms with Crippen molar-refractivity contribution < 1.29 is 19.1 Å². The molecular weight excluding hydrogens is 326 g/mol. The zero-order valence-corrected chi connectivity index (χ0v) is 13.5. The lowest BCUT2D eigenvalue weighted by molar-refractivity contribution is -0.123. The number of esters is 1. The number of benzene rings is 1. The fraction of sp³-hybridized carbons (Fsp3) is 0.200. The van der Waals surface area contributed by atoms with Crippen molar-refractivity contribution in [3.8, 4) is 5.75 Å². The average Bonchev–Trinajstić information content (AvgIpc) is 2.94. The van der Waals surface area contributed by atoms with Gasteiger partial charge in [0, 0.05) is 0 Å². The van der Waals surface area contributed by atoms with Gasteiger partial charge in [0.2, 0.25) is 0 Å². The highest BCUT2D eigenvalue weighted by molar-refractivity contribution is 7.17. The monoisotopic (exact) mass is 339 g/mol. The van der Waals surface area contributed by atoms with Gasteiger partial charge in [0.05, 0.1) is 17.1 Å². The number of para-hydroxylation sites is 2. The number of rotatable bonds is 5. The molecular formula is C15H14ClNO4S. The lowest BCUT2D eigenvalue weighted by atomic mass is 10.2. The van der Waals surface area contributed by atoms with Crippen LogP contribution >= 0.6 is 22.9 Å². The minimum Gasteiger partial charge on any atom is -0.495 e. The van der Waals surface area contributed by atoms with E-state index in [1.165, 1.54) is 14.0 Å². The predicted octanol–water partition coefficient (Wildman–Crippen LogP) is 3.59. The smallest absolute Gasteiger partial charge is 0.349 e. The Morgan fingerprint density at radius 3 is 2.59 bits per heavy atom. The Bertz CT molecular complexity index is 686. The van der Waals surface area contributed by atoms with Gasteiger partial charge >= 0.3 is 5.97 Å². The molecule has 2 rings (SSSR count). The first-order chi connectivity index (χ1) is 10.5. The van der Waals surface area contributed by atoms with Crippen LogP contribution in [0, 0.1) is 0 Å². The molecule has 1 aromatic carbocycles. The van der Waals surface area contributed by atoms with Crippen molar-refractivity contribution in [2.45, 2.75) is 13.0 Å². The van der Waals surface area contributed by atoms with Gasteiger partial charge in [-0.15, -0.1) is 11.3 Å². The van der Waals surface area contributed by atoms with Crippen LogP contribution in [0.15, 0.2) is 36.4 Å². The second kappa shape index (κ2) is 7.29. The Kier molecular flexibility index (Phi) is 5.41. The maximum atomic E-state index is 12.1. The maximum Gasteiger partial charge on any atom is 0.349 e. The first-order valence-electron chi connectivity index (χ1n) is 6.41. The van der Waals surface area contributed by atoms with Crippen molar-refractivity contribution >= 4 is 40.5 Å². The number of carbonyl (C=O) groups is 2. The molecule has 1 heterocycles. The molecule has 7 heteroatoms. The molecule has 1 amide bonds. The average molecular weight is 340 g/mol. The lowest BCUT2D eigenvalue weighted by Crippen LogP contribution is -2.29. The highest BCUT2D eigenvalue weighted by atomic mass is 35.5. The largest absolute Gasteiger partial charge is 0.495 e. The predicted molar refractivity (Wildman–Crippen MR) is 85.8 cm³/mol. The van der Waals surface area contributed by atoms with Crippen LogP contribution < -0.4 is 10.1 Å². The van der Waals surface area contributed by atoms with Crippen LogP contribution in [0.3, 0.4) is 0 Å². The molecule has 22 heavy (non-hydrogen) atoms. The minimum atomic E-state index is -0.946. The summed E-state index contributed by atoms with van der Waals surface area (Å²) >= 11 is 6.86. The summed E-state index contributed by atoms with van der Waals surface area (Å²) in [7, 11) is 1.51. The molecule has 0 radical (unpaired) electrons. The number of ether oxygens (including phenoxy) is 2. The molecule has 0 aliphatic heterocycles. The van der Waals surface area contributed by atoms with E-state index in [2.05, 4.69) is 5.32 Å². The number of halogens is 1. The van der Waals surface area contributed by atoms with Crippen LogP contribution in [-0.2, 0) is 9.53 Å². The van der Waals surface area contributed by atoms with Crippen molar-refractivity contribution in [3.63, 3.8) is 0 Å². The Labute approximate surface area is 136 Å². The van der Waals surface area contributed by atoms with Crippen LogP contribution in [0.1, 0.15) is 16.6 Å². The normalized spacial score (nSPS) is 11.6. The molecule has 0 unspecified atom stereocenters. The second-order valence-electron chi connectivity index (χ2n) is 4.34. The summed E-state index contributed by atoms with van der Waals surface area (Å²) < 4.78 is 10.7. The van der Waals surface area contributed by atoms with Crippen molar-refractivity contribution in [1.29, 1.82) is 0 Å². The Balaban J connectivity index is 1.99. The van der Waals surface area contributed by atoms with Gasteiger partial charge in [-0.3, -0.25) is 4.79 Å². The number of amides is 1. The van der Waals surface area contributed by atoms with Gasteiger partial charge in [0.15, 0.2) is 6.10 Å². The van der Waals surface area contributed by atoms with Gasteiger partial charge in [-0.1, -0.05) is 23.7 Å². The van der Waals surface area contributed by atoms with Gasteiger partial charge < -0.3 is 14.8 Å². The number of hydrogen-bond acceptors (Lipinski definition) is 5. The molecule has 0 bridgehead atoms. The topological polar surface area (TPSA) is 64.6 Å². The van der Waals surface area contributed by atoms with E-state index in [-0.39, 0.29) is 0 Å². The number of carbonyl (C=O) groups excluding carboxylic acids is 2. The first-order valence-corrected chi connectivity index (χ1v) is 7.61. The van der Waals surface area contributed by atoms with Crippen molar-refractivity contribution in [2.75, 3.05) is 12.4 Å². The van der Waals surface area contributed by atoms with E-state index in [0.717, 1.165) is 11.3 Å². The number of anilines is 1. The SMILES string of the molecule is COc1ccccc1NC(=O)[C@@H](C)OC(=O)c1ccc(Cl)s1. The fourth-order valence-corrected chi connectivity index (χ4v) is 2.60. The third kappa shape index (κ3) is 3.99. The Morgan fingerprint density at radius 1 is 1.23 bits per heavy atom. The third-order valence-electron chi connectivity index (χ3n) is 2.79. The minimum absolute atomic E-state index is 0.349. The van der Waals surface area contributed by atoms with E-state index in [0.29, 0.717) is 20.7 Å². The molecule has 0 aliphatic rings. The zero-order valence-electron chi connectivity index (χ0n) is 12.0. The molecule has 0 aliphatic carbocycles. The highest BCUT2D eigenvalue weighted by Gasteiger charge is 2.21. The van der Waals surface area contributed by atoms with Gasteiger partial charge in [-0.25, -0.2) is 4.79 Å². The van der Waals surface area contributed by atoms with E-state index in [4.69, 9.17) is 21.1 Å². The Morgan fingerprint density at radius 2 is 1.95 bits per heavy atom. The van der Waals surface area contributed by atoms with Crippen LogP contribution in [-0.4, -0.2) is 25.1 Å². The molecule has 116 valence electrons. The molecule has 2 aromatic rings. The van der Waals surface area contributed by atoms with E-state index in [1.807, 2.05) is 0 Å². The maximum absolute atomic E-state index is 12.1. The Hall–Kier alpha value is -2.05. The summed E-state index contributed by atoms with van der Waals surface area (Å²) in [4.78, 5) is 24.3. The summed E-state index contributed by atoms with van der Waals surface area (Å²) in [5.74, 6) is -0.500. The van der Waals surface area contributed by atoms with Gasteiger partial charge in [0.1, 0.15) is 10.6 Å². The lowest BCUT2D eigenvalue weighted by Gasteiger charge is -2.14.